The van der Waals surface area contributed by atoms with Crippen LogP contribution >= 0.6 is 11.3 Å². The molecule has 5 nitrogen and oxygen atoms in total. The molecule has 6 heteroatoms. The molecule has 0 saturated heterocycles. The number of aliphatic hydroxyl groups is 1. The first-order valence-electron chi connectivity index (χ1n) is 5.39. The van der Waals surface area contributed by atoms with Crippen LogP contribution in [0.15, 0.2) is 5.38 Å². The van der Waals surface area contributed by atoms with Gasteiger partial charge in [-0.1, -0.05) is 0 Å². The first kappa shape index (κ1) is 14.1. The van der Waals surface area contributed by atoms with E-state index in [0.29, 0.717) is 18.2 Å². The number of hydrogen-bond donors (Lipinski definition) is 2. The average molecular weight is 257 g/mol. The average Bonchev–Trinajstić information content (AvgIpc) is 2.46. The van der Waals surface area contributed by atoms with Crippen molar-refractivity contribution in [3.63, 3.8) is 0 Å². The highest BCUT2D eigenvalue weighted by Crippen LogP contribution is 2.17. The molecular formula is C11H19N3O2S. The van der Waals surface area contributed by atoms with Crippen LogP contribution in [0.25, 0.3) is 0 Å². The summed E-state index contributed by atoms with van der Waals surface area (Å²) >= 11 is 1.41. The minimum Gasteiger partial charge on any atom is -0.389 e. The van der Waals surface area contributed by atoms with Crippen LogP contribution in [0.4, 0.5) is 5.13 Å². The lowest BCUT2D eigenvalue weighted by Gasteiger charge is -2.24. The number of nitrogens with zero attached hydrogens (tertiary/aromatic N) is 2. The van der Waals surface area contributed by atoms with Gasteiger partial charge in [0.1, 0.15) is 0 Å². The molecule has 1 heterocycles. The van der Waals surface area contributed by atoms with E-state index in [1.54, 1.807) is 13.8 Å². The maximum absolute atomic E-state index is 10.8. The summed E-state index contributed by atoms with van der Waals surface area (Å²) in [7, 11) is 1.93. The normalized spacial score (nSPS) is 11.9. The Morgan fingerprint density at radius 2 is 2.29 bits per heavy atom. The molecule has 0 aliphatic carbocycles. The van der Waals surface area contributed by atoms with Gasteiger partial charge in [0.2, 0.25) is 5.91 Å². The van der Waals surface area contributed by atoms with Gasteiger partial charge in [-0.2, -0.15) is 0 Å². The van der Waals surface area contributed by atoms with Gasteiger partial charge in [0.15, 0.2) is 5.13 Å². The molecular weight excluding hydrogens is 238 g/mol. The van der Waals surface area contributed by atoms with E-state index in [0.717, 1.165) is 5.69 Å². The highest BCUT2D eigenvalue weighted by Gasteiger charge is 2.16. The second kappa shape index (κ2) is 5.57. The lowest BCUT2D eigenvalue weighted by molar-refractivity contribution is -0.114. The first-order chi connectivity index (χ1) is 7.76. The molecule has 2 N–H and O–H groups in total. The lowest BCUT2D eigenvalue weighted by atomic mass is 10.1. The Morgan fingerprint density at radius 3 is 2.82 bits per heavy atom. The number of thiazole rings is 1. The molecule has 17 heavy (non-hydrogen) atoms. The number of nitrogens with one attached hydrogen (secondary N) is 1. The van der Waals surface area contributed by atoms with Crippen molar-refractivity contribution in [2.45, 2.75) is 32.9 Å². The molecule has 1 aromatic rings. The van der Waals surface area contributed by atoms with E-state index in [2.05, 4.69) is 10.3 Å². The van der Waals surface area contributed by atoms with Crippen LogP contribution in [-0.4, -0.2) is 40.1 Å². The van der Waals surface area contributed by atoms with Gasteiger partial charge in [-0.25, -0.2) is 4.98 Å². The van der Waals surface area contributed by atoms with E-state index in [1.165, 1.54) is 18.3 Å². The van der Waals surface area contributed by atoms with Gasteiger partial charge in [0.05, 0.1) is 11.3 Å². The topological polar surface area (TPSA) is 65.5 Å². The monoisotopic (exact) mass is 257 g/mol. The molecule has 0 radical (unpaired) electrons. The Kier molecular flexibility index (Phi) is 4.62. The number of carbonyl (C=O) groups excluding carboxylic acids is 1. The molecule has 0 spiro atoms. The Bertz CT molecular complexity index is 384. The van der Waals surface area contributed by atoms with Crippen LogP contribution < -0.4 is 5.32 Å². The number of likely N-dealkylation sites (N-methyl/N-ethyl adjacent to an activating group) is 1. The molecule has 96 valence electrons. The largest absolute Gasteiger partial charge is 0.389 e. The third-order valence-electron chi connectivity index (χ3n) is 1.92. The van der Waals surface area contributed by atoms with Crippen molar-refractivity contribution in [2.24, 2.45) is 0 Å². The van der Waals surface area contributed by atoms with Crippen LogP contribution in [0.1, 0.15) is 26.5 Å². The zero-order chi connectivity index (χ0) is 13.1. The molecule has 1 amide bonds. The fourth-order valence-electron chi connectivity index (χ4n) is 1.58. The smallest absolute Gasteiger partial charge is 0.223 e. The predicted octanol–water partition coefficient (Wildman–Crippen LogP) is 1.30. The zero-order valence-corrected chi connectivity index (χ0v) is 11.5. The maximum Gasteiger partial charge on any atom is 0.223 e. The van der Waals surface area contributed by atoms with E-state index in [4.69, 9.17) is 0 Å². The van der Waals surface area contributed by atoms with E-state index >= 15 is 0 Å². The summed E-state index contributed by atoms with van der Waals surface area (Å²) in [6.45, 7) is 6.22. The molecule has 0 aliphatic rings. The van der Waals surface area contributed by atoms with E-state index in [-0.39, 0.29) is 5.91 Å². The summed E-state index contributed by atoms with van der Waals surface area (Å²) in [6.07, 6.45) is 0. The standard InChI is InChI=1S/C11H19N3O2S/c1-8(15)12-10-13-9(6-17-10)5-14(4)7-11(2,3)16/h6,16H,5,7H2,1-4H3,(H,12,13,15). The predicted molar refractivity (Wildman–Crippen MR) is 69.0 cm³/mol. The molecule has 0 unspecified atom stereocenters. The third-order valence-corrected chi connectivity index (χ3v) is 2.73. The Morgan fingerprint density at radius 1 is 1.65 bits per heavy atom. The molecule has 0 atom stereocenters. The quantitative estimate of drug-likeness (QED) is 0.834. The second-order valence-corrected chi connectivity index (χ2v) is 5.67. The highest BCUT2D eigenvalue weighted by molar-refractivity contribution is 7.13. The summed E-state index contributed by atoms with van der Waals surface area (Å²) in [5.74, 6) is -0.115. The summed E-state index contributed by atoms with van der Waals surface area (Å²) in [4.78, 5) is 17.1. The summed E-state index contributed by atoms with van der Waals surface area (Å²) in [6, 6.07) is 0. The summed E-state index contributed by atoms with van der Waals surface area (Å²) < 4.78 is 0. The van der Waals surface area contributed by atoms with Crippen LogP contribution in [0.5, 0.6) is 0 Å². The molecule has 1 aromatic heterocycles. The second-order valence-electron chi connectivity index (χ2n) is 4.81. The number of anilines is 1. The van der Waals surface area contributed by atoms with Gasteiger partial charge in [-0.15, -0.1) is 11.3 Å². The molecule has 1 rings (SSSR count). The minimum atomic E-state index is -0.717. The van der Waals surface area contributed by atoms with E-state index in [9.17, 15) is 9.90 Å². The third kappa shape index (κ3) is 5.76. The van der Waals surface area contributed by atoms with Crippen molar-refractivity contribution in [1.82, 2.24) is 9.88 Å². The number of amides is 1. The van der Waals surface area contributed by atoms with E-state index in [1.807, 2.05) is 17.3 Å². The Balaban J connectivity index is 2.51. The van der Waals surface area contributed by atoms with Gasteiger partial charge in [-0.3, -0.25) is 9.69 Å². The van der Waals surface area contributed by atoms with Crippen LogP contribution in [0.2, 0.25) is 0 Å². The van der Waals surface area contributed by atoms with Crippen molar-refractivity contribution in [3.05, 3.63) is 11.1 Å². The fourth-order valence-corrected chi connectivity index (χ4v) is 2.33. The Labute approximate surface area is 105 Å². The van der Waals surface area contributed by atoms with Gasteiger partial charge < -0.3 is 10.4 Å². The first-order valence-corrected chi connectivity index (χ1v) is 6.27. The summed E-state index contributed by atoms with van der Waals surface area (Å²) in [5, 5.41) is 14.8. The summed E-state index contributed by atoms with van der Waals surface area (Å²) in [5.41, 5.74) is 0.177. The molecule has 0 fully saturated rings. The Hall–Kier alpha value is -0.980. The maximum atomic E-state index is 10.8. The van der Waals surface area contributed by atoms with Gasteiger partial charge in [0, 0.05) is 25.4 Å². The number of rotatable bonds is 5. The van der Waals surface area contributed by atoms with Crippen molar-refractivity contribution >= 4 is 22.4 Å². The number of carbonyl (C=O) groups is 1. The highest BCUT2D eigenvalue weighted by atomic mass is 32.1. The van der Waals surface area contributed by atoms with Gasteiger partial charge in [-0.05, 0) is 20.9 Å². The molecule has 0 aliphatic heterocycles. The molecule has 0 aromatic carbocycles. The van der Waals surface area contributed by atoms with Crippen molar-refractivity contribution < 1.29 is 9.90 Å². The SMILES string of the molecule is CC(=O)Nc1nc(CN(C)CC(C)(C)O)cs1. The zero-order valence-electron chi connectivity index (χ0n) is 10.6. The fraction of sp³-hybridized carbons (Fsp3) is 0.636. The van der Waals surface area contributed by atoms with E-state index < -0.39 is 5.60 Å². The lowest BCUT2D eigenvalue weighted by Crippen LogP contribution is -2.35. The minimum absolute atomic E-state index is 0.115. The van der Waals surface area contributed by atoms with Crippen molar-refractivity contribution in [3.8, 4) is 0 Å². The number of aromatic nitrogens is 1. The van der Waals surface area contributed by atoms with Crippen LogP contribution in [0, 0.1) is 0 Å². The van der Waals surface area contributed by atoms with Crippen LogP contribution in [-0.2, 0) is 11.3 Å². The van der Waals surface area contributed by atoms with Gasteiger partial charge >= 0.3 is 0 Å². The number of hydrogen-bond acceptors (Lipinski definition) is 5. The molecule has 0 saturated carbocycles. The molecule has 0 bridgehead atoms. The van der Waals surface area contributed by atoms with Crippen molar-refractivity contribution in [2.75, 3.05) is 18.9 Å². The van der Waals surface area contributed by atoms with Crippen molar-refractivity contribution in [1.29, 1.82) is 0 Å². The van der Waals surface area contributed by atoms with Gasteiger partial charge in [0.25, 0.3) is 0 Å². The van der Waals surface area contributed by atoms with Crippen LogP contribution in [0.3, 0.4) is 0 Å².